The third kappa shape index (κ3) is 6.54. The van der Waals surface area contributed by atoms with Crippen molar-refractivity contribution in [3.8, 4) is 11.1 Å². The largest absolute Gasteiger partial charge is 0.379 e. The van der Waals surface area contributed by atoms with Crippen molar-refractivity contribution in [3.63, 3.8) is 0 Å². The lowest BCUT2D eigenvalue weighted by atomic mass is 10.1. The van der Waals surface area contributed by atoms with Crippen molar-refractivity contribution in [2.45, 2.75) is 4.90 Å². The molecule has 35 heavy (non-hydrogen) atoms. The van der Waals surface area contributed by atoms with E-state index in [9.17, 15) is 18.0 Å². The molecular formula is C26H27N3O5S. The Morgan fingerprint density at radius 3 is 2.20 bits per heavy atom. The van der Waals surface area contributed by atoms with Gasteiger partial charge in [0.15, 0.2) is 9.84 Å². The van der Waals surface area contributed by atoms with Gasteiger partial charge in [-0.25, -0.2) is 8.42 Å². The van der Waals surface area contributed by atoms with Gasteiger partial charge in [-0.1, -0.05) is 42.5 Å². The molecule has 0 aromatic heterocycles. The van der Waals surface area contributed by atoms with Crippen molar-refractivity contribution in [2.75, 3.05) is 49.7 Å². The molecule has 2 amide bonds. The first-order chi connectivity index (χ1) is 16.8. The SMILES string of the molecule is CS(=O)(=O)c1ccc(C(=O)Nc2ccc(-c3ccccc3)cc2)cc1NC(=O)CN1CCOCC1. The lowest BCUT2D eigenvalue weighted by Gasteiger charge is -2.26. The van der Waals surface area contributed by atoms with Gasteiger partial charge in [0, 0.05) is 30.6 Å². The number of amides is 2. The van der Waals surface area contributed by atoms with Gasteiger partial charge >= 0.3 is 0 Å². The molecule has 1 fully saturated rings. The van der Waals surface area contributed by atoms with E-state index in [2.05, 4.69) is 10.6 Å². The Balaban J connectivity index is 1.49. The van der Waals surface area contributed by atoms with Crippen LogP contribution in [0.3, 0.4) is 0 Å². The van der Waals surface area contributed by atoms with E-state index in [1.165, 1.54) is 18.2 Å². The summed E-state index contributed by atoms with van der Waals surface area (Å²) < 4.78 is 29.8. The Labute approximate surface area is 204 Å². The molecule has 4 rings (SSSR count). The predicted octanol–water partition coefficient (Wildman–Crippen LogP) is 3.28. The molecule has 0 radical (unpaired) electrons. The fourth-order valence-corrected chi connectivity index (χ4v) is 4.65. The van der Waals surface area contributed by atoms with E-state index in [0.29, 0.717) is 32.0 Å². The van der Waals surface area contributed by atoms with E-state index in [1.807, 2.05) is 47.4 Å². The van der Waals surface area contributed by atoms with Crippen LogP contribution in [0, 0.1) is 0 Å². The van der Waals surface area contributed by atoms with Crippen LogP contribution in [-0.4, -0.2) is 64.2 Å². The molecule has 182 valence electrons. The molecule has 0 aliphatic carbocycles. The number of nitrogens with zero attached hydrogens (tertiary/aromatic N) is 1. The average Bonchev–Trinajstić information content (AvgIpc) is 2.85. The number of rotatable bonds is 7. The summed E-state index contributed by atoms with van der Waals surface area (Å²) in [6, 6.07) is 21.5. The molecule has 0 spiro atoms. The lowest BCUT2D eigenvalue weighted by molar-refractivity contribution is -0.118. The predicted molar refractivity (Wildman–Crippen MR) is 135 cm³/mol. The summed E-state index contributed by atoms with van der Waals surface area (Å²) in [5, 5.41) is 5.49. The highest BCUT2D eigenvalue weighted by Gasteiger charge is 2.20. The maximum atomic E-state index is 12.9. The third-order valence-electron chi connectivity index (χ3n) is 5.64. The highest BCUT2D eigenvalue weighted by molar-refractivity contribution is 7.90. The summed E-state index contributed by atoms with van der Waals surface area (Å²) in [4.78, 5) is 27.4. The van der Waals surface area contributed by atoms with Gasteiger partial charge in [0.25, 0.3) is 5.91 Å². The van der Waals surface area contributed by atoms with E-state index in [1.54, 1.807) is 12.1 Å². The van der Waals surface area contributed by atoms with Crippen molar-refractivity contribution in [1.82, 2.24) is 4.90 Å². The molecule has 1 saturated heterocycles. The molecule has 0 bridgehead atoms. The Bertz CT molecular complexity index is 1300. The van der Waals surface area contributed by atoms with Crippen molar-refractivity contribution in [1.29, 1.82) is 0 Å². The second-order valence-corrected chi connectivity index (χ2v) is 10.3. The zero-order valence-electron chi connectivity index (χ0n) is 19.4. The monoisotopic (exact) mass is 493 g/mol. The summed E-state index contributed by atoms with van der Waals surface area (Å²) in [5.41, 5.74) is 2.99. The quantitative estimate of drug-likeness (QED) is 0.524. The van der Waals surface area contributed by atoms with Gasteiger partial charge in [-0.15, -0.1) is 0 Å². The normalized spacial score (nSPS) is 14.3. The van der Waals surface area contributed by atoms with E-state index >= 15 is 0 Å². The summed E-state index contributed by atoms with van der Waals surface area (Å²) in [6.45, 7) is 2.44. The number of benzene rings is 3. The van der Waals surface area contributed by atoms with Crippen molar-refractivity contribution in [3.05, 3.63) is 78.4 Å². The molecule has 1 aliphatic heterocycles. The van der Waals surface area contributed by atoms with Crippen LogP contribution >= 0.6 is 0 Å². The van der Waals surface area contributed by atoms with Crippen LogP contribution in [0.2, 0.25) is 0 Å². The number of anilines is 2. The highest BCUT2D eigenvalue weighted by atomic mass is 32.2. The van der Waals surface area contributed by atoms with Crippen LogP contribution in [-0.2, 0) is 19.4 Å². The minimum absolute atomic E-state index is 0.0448. The molecule has 1 heterocycles. The van der Waals surface area contributed by atoms with Crippen LogP contribution < -0.4 is 10.6 Å². The zero-order chi connectivity index (χ0) is 24.8. The van der Waals surface area contributed by atoms with Crippen molar-refractivity contribution in [2.24, 2.45) is 0 Å². The van der Waals surface area contributed by atoms with Crippen LogP contribution in [0.5, 0.6) is 0 Å². The lowest BCUT2D eigenvalue weighted by Crippen LogP contribution is -2.41. The maximum Gasteiger partial charge on any atom is 0.255 e. The van der Waals surface area contributed by atoms with Gasteiger partial charge in [-0.05, 0) is 41.5 Å². The summed E-state index contributed by atoms with van der Waals surface area (Å²) >= 11 is 0. The first kappa shape index (κ1) is 24.6. The highest BCUT2D eigenvalue weighted by Crippen LogP contribution is 2.25. The van der Waals surface area contributed by atoms with Gasteiger partial charge in [-0.2, -0.15) is 0 Å². The van der Waals surface area contributed by atoms with E-state index in [0.717, 1.165) is 17.4 Å². The fourth-order valence-electron chi connectivity index (χ4n) is 3.82. The Hall–Kier alpha value is -3.53. The van der Waals surface area contributed by atoms with Crippen LogP contribution in [0.15, 0.2) is 77.7 Å². The minimum atomic E-state index is -3.62. The number of carbonyl (C=O) groups excluding carboxylic acids is 2. The van der Waals surface area contributed by atoms with Crippen molar-refractivity contribution >= 4 is 33.0 Å². The minimum Gasteiger partial charge on any atom is -0.379 e. The van der Waals surface area contributed by atoms with E-state index in [-0.39, 0.29) is 28.6 Å². The van der Waals surface area contributed by atoms with Gasteiger partial charge in [0.2, 0.25) is 5.91 Å². The first-order valence-electron chi connectivity index (χ1n) is 11.2. The van der Waals surface area contributed by atoms with Crippen LogP contribution in [0.1, 0.15) is 10.4 Å². The molecule has 0 atom stereocenters. The topological polar surface area (TPSA) is 105 Å². The summed E-state index contributed by atoms with van der Waals surface area (Å²) in [5.74, 6) is -0.771. The molecule has 0 unspecified atom stereocenters. The Morgan fingerprint density at radius 1 is 0.886 bits per heavy atom. The number of nitrogens with one attached hydrogen (secondary N) is 2. The molecule has 9 heteroatoms. The molecule has 1 aliphatic rings. The first-order valence-corrected chi connectivity index (χ1v) is 13.1. The molecule has 3 aromatic rings. The molecule has 8 nitrogen and oxygen atoms in total. The smallest absolute Gasteiger partial charge is 0.255 e. The summed E-state index contributed by atoms with van der Waals surface area (Å²) in [7, 11) is -3.62. The second kappa shape index (κ2) is 10.8. The second-order valence-electron chi connectivity index (χ2n) is 8.32. The van der Waals surface area contributed by atoms with Crippen LogP contribution in [0.4, 0.5) is 11.4 Å². The van der Waals surface area contributed by atoms with Gasteiger partial charge in [-0.3, -0.25) is 14.5 Å². The average molecular weight is 494 g/mol. The summed E-state index contributed by atoms with van der Waals surface area (Å²) in [6.07, 6.45) is 1.06. The fraction of sp³-hybridized carbons (Fsp3) is 0.231. The van der Waals surface area contributed by atoms with Crippen LogP contribution in [0.25, 0.3) is 11.1 Å². The number of morpholine rings is 1. The number of hydrogen-bond donors (Lipinski definition) is 2. The van der Waals surface area contributed by atoms with Crippen molar-refractivity contribution < 1.29 is 22.7 Å². The molecule has 0 saturated carbocycles. The van der Waals surface area contributed by atoms with E-state index in [4.69, 9.17) is 4.74 Å². The number of sulfone groups is 1. The Kier molecular flexibility index (Phi) is 7.60. The maximum absolute atomic E-state index is 12.9. The van der Waals surface area contributed by atoms with Gasteiger partial charge in [0.1, 0.15) is 0 Å². The molecular weight excluding hydrogens is 466 g/mol. The number of ether oxygens (including phenoxy) is 1. The van der Waals surface area contributed by atoms with Gasteiger partial charge in [0.05, 0.1) is 30.3 Å². The number of hydrogen-bond acceptors (Lipinski definition) is 6. The zero-order valence-corrected chi connectivity index (χ0v) is 20.2. The van der Waals surface area contributed by atoms with E-state index < -0.39 is 15.7 Å². The Morgan fingerprint density at radius 2 is 1.54 bits per heavy atom. The standard InChI is InChI=1S/C26H27N3O5S/c1-35(32,33)24-12-9-21(17-23(24)28-25(30)18-29-13-15-34-16-14-29)26(31)27-22-10-7-20(8-11-22)19-5-3-2-4-6-19/h2-12,17H,13-16,18H2,1H3,(H,27,31)(H,28,30). The third-order valence-corrected chi connectivity index (χ3v) is 6.79. The number of carbonyl (C=O) groups is 2. The molecule has 2 N–H and O–H groups in total. The van der Waals surface area contributed by atoms with Gasteiger partial charge < -0.3 is 15.4 Å². The molecule has 3 aromatic carbocycles.